The Morgan fingerprint density at radius 1 is 1.25 bits per heavy atom. The zero-order chi connectivity index (χ0) is 14.4. The van der Waals surface area contributed by atoms with Gasteiger partial charge in [-0.3, -0.25) is 4.79 Å². The molecule has 2 rings (SSSR count). The number of carbonyl (C=O) groups excluding carboxylic acids is 1. The summed E-state index contributed by atoms with van der Waals surface area (Å²) < 4.78 is 0. The van der Waals surface area contributed by atoms with Crippen LogP contribution in [-0.2, 0) is 4.79 Å². The molecule has 2 aliphatic rings. The highest BCUT2D eigenvalue weighted by atomic mass is 16.2. The largest absolute Gasteiger partial charge is 0.352 e. The van der Waals surface area contributed by atoms with Crippen molar-refractivity contribution in [2.24, 2.45) is 5.41 Å². The first-order valence-corrected chi connectivity index (χ1v) is 8.40. The molecular formula is C16H31N3O. The summed E-state index contributed by atoms with van der Waals surface area (Å²) in [4.78, 5) is 15.1. The number of nitrogens with one attached hydrogen (secondary N) is 2. The fourth-order valence-electron chi connectivity index (χ4n) is 3.60. The van der Waals surface area contributed by atoms with Crippen molar-refractivity contribution in [2.45, 2.75) is 58.4 Å². The number of hydrogen-bond acceptors (Lipinski definition) is 3. The van der Waals surface area contributed by atoms with E-state index in [0.717, 1.165) is 38.9 Å². The molecule has 20 heavy (non-hydrogen) atoms. The predicted molar refractivity (Wildman–Crippen MR) is 82.7 cm³/mol. The van der Waals surface area contributed by atoms with Crippen molar-refractivity contribution in [2.75, 3.05) is 32.7 Å². The van der Waals surface area contributed by atoms with E-state index in [1.807, 2.05) is 0 Å². The maximum absolute atomic E-state index is 12.6. The molecule has 2 aliphatic heterocycles. The number of nitrogens with zero attached hydrogens (tertiary/aromatic N) is 1. The van der Waals surface area contributed by atoms with Crippen molar-refractivity contribution in [1.29, 1.82) is 0 Å². The van der Waals surface area contributed by atoms with E-state index in [-0.39, 0.29) is 17.4 Å². The molecule has 4 heteroatoms. The summed E-state index contributed by atoms with van der Waals surface area (Å²) in [5, 5.41) is 6.64. The van der Waals surface area contributed by atoms with Crippen molar-refractivity contribution >= 4 is 5.91 Å². The molecule has 0 aromatic heterocycles. The molecule has 0 radical (unpaired) electrons. The molecule has 0 bridgehead atoms. The zero-order valence-corrected chi connectivity index (χ0v) is 13.2. The summed E-state index contributed by atoms with van der Waals surface area (Å²) in [7, 11) is 0. The van der Waals surface area contributed by atoms with Gasteiger partial charge in [-0.2, -0.15) is 0 Å². The lowest BCUT2D eigenvalue weighted by atomic mass is 9.75. The minimum absolute atomic E-state index is 0.124. The van der Waals surface area contributed by atoms with Crippen LogP contribution in [0.1, 0.15) is 52.4 Å². The maximum atomic E-state index is 12.6. The van der Waals surface area contributed by atoms with Crippen LogP contribution in [0, 0.1) is 5.41 Å². The van der Waals surface area contributed by atoms with Crippen molar-refractivity contribution in [3.8, 4) is 0 Å². The van der Waals surface area contributed by atoms with Crippen LogP contribution in [0.25, 0.3) is 0 Å². The van der Waals surface area contributed by atoms with Gasteiger partial charge < -0.3 is 15.5 Å². The van der Waals surface area contributed by atoms with Crippen LogP contribution in [0.4, 0.5) is 0 Å². The van der Waals surface area contributed by atoms with Crippen LogP contribution < -0.4 is 10.6 Å². The molecule has 4 nitrogen and oxygen atoms in total. The molecule has 0 spiro atoms. The first kappa shape index (κ1) is 15.8. The summed E-state index contributed by atoms with van der Waals surface area (Å²) in [6, 6.07) is 0.263. The summed E-state index contributed by atoms with van der Waals surface area (Å²) in [6.07, 6.45) is 6.90. The summed E-state index contributed by atoms with van der Waals surface area (Å²) in [5.41, 5.74) is -0.124. The standard InChI is InChI=1S/C16H31N3O/c1-3-16(7-9-17-10-8-16)15(20)18-14(2)13-19-11-5-4-6-12-19/h14,17H,3-13H2,1-2H3,(H,18,20). The van der Waals surface area contributed by atoms with Crippen LogP contribution in [-0.4, -0.2) is 49.6 Å². The third-order valence-electron chi connectivity index (χ3n) is 5.08. The molecule has 2 fully saturated rings. The first-order chi connectivity index (χ1) is 9.66. The van der Waals surface area contributed by atoms with Gasteiger partial charge in [-0.05, 0) is 65.2 Å². The van der Waals surface area contributed by atoms with E-state index in [9.17, 15) is 4.79 Å². The van der Waals surface area contributed by atoms with Crippen LogP contribution in [0.15, 0.2) is 0 Å². The van der Waals surface area contributed by atoms with E-state index in [1.54, 1.807) is 0 Å². The van der Waals surface area contributed by atoms with Crippen LogP contribution in [0.2, 0.25) is 0 Å². The Labute approximate surface area is 123 Å². The van der Waals surface area contributed by atoms with Gasteiger partial charge in [0.05, 0.1) is 5.41 Å². The zero-order valence-electron chi connectivity index (χ0n) is 13.2. The minimum atomic E-state index is -0.124. The molecule has 0 aromatic carbocycles. The minimum Gasteiger partial charge on any atom is -0.352 e. The Morgan fingerprint density at radius 2 is 1.90 bits per heavy atom. The molecule has 0 aromatic rings. The van der Waals surface area contributed by atoms with Gasteiger partial charge in [0.2, 0.25) is 5.91 Å². The Balaban J connectivity index is 1.82. The number of carbonyl (C=O) groups is 1. The van der Waals surface area contributed by atoms with Gasteiger partial charge in [-0.1, -0.05) is 13.3 Å². The van der Waals surface area contributed by atoms with Gasteiger partial charge in [0.1, 0.15) is 0 Å². The van der Waals surface area contributed by atoms with E-state index in [0.29, 0.717) is 0 Å². The van der Waals surface area contributed by atoms with Crippen molar-refractivity contribution in [3.05, 3.63) is 0 Å². The van der Waals surface area contributed by atoms with Crippen molar-refractivity contribution in [1.82, 2.24) is 15.5 Å². The normalized spacial score (nSPS) is 25.1. The molecule has 2 heterocycles. The number of piperidine rings is 2. The highest BCUT2D eigenvalue weighted by Crippen LogP contribution is 2.32. The van der Waals surface area contributed by atoms with Gasteiger partial charge in [0.25, 0.3) is 0 Å². The number of hydrogen-bond donors (Lipinski definition) is 2. The van der Waals surface area contributed by atoms with Crippen LogP contribution in [0.3, 0.4) is 0 Å². The Hall–Kier alpha value is -0.610. The van der Waals surface area contributed by atoms with E-state index in [1.165, 1.54) is 32.4 Å². The molecule has 1 unspecified atom stereocenters. The second-order valence-electron chi connectivity index (χ2n) is 6.62. The molecule has 116 valence electrons. The quantitative estimate of drug-likeness (QED) is 0.807. The van der Waals surface area contributed by atoms with Crippen LogP contribution >= 0.6 is 0 Å². The molecular weight excluding hydrogens is 250 g/mol. The van der Waals surface area contributed by atoms with Gasteiger partial charge in [0, 0.05) is 12.6 Å². The van der Waals surface area contributed by atoms with Crippen molar-refractivity contribution in [3.63, 3.8) is 0 Å². The highest BCUT2D eigenvalue weighted by Gasteiger charge is 2.38. The Kier molecular flexibility index (Phi) is 5.85. The SMILES string of the molecule is CCC1(C(=O)NC(C)CN2CCCCC2)CCNCC1. The maximum Gasteiger partial charge on any atom is 0.226 e. The highest BCUT2D eigenvalue weighted by molar-refractivity contribution is 5.83. The fourth-order valence-corrected chi connectivity index (χ4v) is 3.60. The molecule has 1 amide bonds. The summed E-state index contributed by atoms with van der Waals surface area (Å²) in [5.74, 6) is 0.283. The molecule has 1 atom stereocenters. The number of amides is 1. The average Bonchev–Trinajstić information content (AvgIpc) is 2.48. The molecule has 0 aliphatic carbocycles. The lowest BCUT2D eigenvalue weighted by Crippen LogP contribution is -2.52. The van der Waals surface area contributed by atoms with E-state index in [2.05, 4.69) is 29.4 Å². The van der Waals surface area contributed by atoms with Crippen LogP contribution in [0.5, 0.6) is 0 Å². The van der Waals surface area contributed by atoms with E-state index >= 15 is 0 Å². The third kappa shape index (κ3) is 3.95. The predicted octanol–water partition coefficient (Wildman–Crippen LogP) is 1.76. The second-order valence-corrected chi connectivity index (χ2v) is 6.62. The smallest absolute Gasteiger partial charge is 0.226 e. The van der Waals surface area contributed by atoms with E-state index < -0.39 is 0 Å². The Morgan fingerprint density at radius 3 is 2.50 bits per heavy atom. The topological polar surface area (TPSA) is 44.4 Å². The molecule has 2 N–H and O–H groups in total. The number of likely N-dealkylation sites (tertiary alicyclic amines) is 1. The average molecular weight is 281 g/mol. The van der Waals surface area contributed by atoms with Gasteiger partial charge in [0.15, 0.2) is 0 Å². The van der Waals surface area contributed by atoms with E-state index in [4.69, 9.17) is 0 Å². The van der Waals surface area contributed by atoms with Crippen molar-refractivity contribution < 1.29 is 4.79 Å². The fraction of sp³-hybridized carbons (Fsp3) is 0.938. The molecule has 2 saturated heterocycles. The lowest BCUT2D eigenvalue weighted by molar-refractivity contribution is -0.133. The Bertz CT molecular complexity index is 307. The summed E-state index contributed by atoms with van der Waals surface area (Å²) >= 11 is 0. The molecule has 0 saturated carbocycles. The monoisotopic (exact) mass is 281 g/mol. The first-order valence-electron chi connectivity index (χ1n) is 8.40. The number of rotatable bonds is 5. The summed E-state index contributed by atoms with van der Waals surface area (Å²) in [6.45, 7) is 9.65. The third-order valence-corrected chi connectivity index (χ3v) is 5.08. The van der Waals surface area contributed by atoms with Gasteiger partial charge >= 0.3 is 0 Å². The second kappa shape index (κ2) is 7.41. The lowest BCUT2D eigenvalue weighted by Gasteiger charge is -2.37. The van der Waals surface area contributed by atoms with Gasteiger partial charge in [-0.15, -0.1) is 0 Å². The van der Waals surface area contributed by atoms with Gasteiger partial charge in [-0.25, -0.2) is 0 Å².